The van der Waals surface area contributed by atoms with Gasteiger partial charge in [0.1, 0.15) is 0 Å². The van der Waals surface area contributed by atoms with Crippen molar-refractivity contribution in [1.82, 2.24) is 0 Å². The fourth-order valence-electron chi connectivity index (χ4n) is 0.865. The summed E-state index contributed by atoms with van der Waals surface area (Å²) in [6, 6.07) is 0. The zero-order valence-corrected chi connectivity index (χ0v) is 8.60. The minimum Gasteiger partial charge on any atom is -0.374 e. The van der Waals surface area contributed by atoms with Crippen LogP contribution in [-0.2, 0) is 9.53 Å². The molecule has 0 aliphatic heterocycles. The van der Waals surface area contributed by atoms with Gasteiger partial charge < -0.3 is 4.74 Å². The van der Waals surface area contributed by atoms with E-state index in [0.717, 1.165) is 12.0 Å². The van der Waals surface area contributed by atoms with Crippen LogP contribution in [0.4, 0.5) is 0 Å². The average Bonchev–Trinajstić information content (AvgIpc) is 2.04. The maximum absolute atomic E-state index is 10.9. The Morgan fingerprint density at radius 1 is 1.50 bits per heavy atom. The highest BCUT2D eigenvalue weighted by atomic mass is 16.5. The van der Waals surface area contributed by atoms with E-state index in [1.165, 1.54) is 0 Å². The summed E-state index contributed by atoms with van der Waals surface area (Å²) in [5.74, 6) is 0.103. The largest absolute Gasteiger partial charge is 0.374 e. The predicted octanol–water partition coefficient (Wildman–Crippen LogP) is 2.34. The highest BCUT2D eigenvalue weighted by Crippen LogP contribution is 2.17. The Morgan fingerprint density at radius 3 is 2.25 bits per heavy atom. The van der Waals surface area contributed by atoms with E-state index in [-0.39, 0.29) is 11.4 Å². The number of rotatable bonds is 4. The first kappa shape index (κ1) is 11.4. The van der Waals surface area contributed by atoms with Gasteiger partial charge in [-0.1, -0.05) is 6.92 Å². The first-order chi connectivity index (χ1) is 5.45. The minimum atomic E-state index is -0.296. The number of allylic oxidation sites excluding steroid dienone is 1. The Labute approximate surface area is 74.6 Å². The van der Waals surface area contributed by atoms with Gasteiger partial charge in [0.15, 0.2) is 5.78 Å². The zero-order valence-electron chi connectivity index (χ0n) is 8.60. The van der Waals surface area contributed by atoms with Crippen molar-refractivity contribution in [3.05, 3.63) is 11.6 Å². The maximum atomic E-state index is 10.9. The molecule has 0 N–H and O–H groups in total. The lowest BCUT2D eigenvalue weighted by Gasteiger charge is -2.23. The summed E-state index contributed by atoms with van der Waals surface area (Å²) in [4.78, 5) is 10.9. The quantitative estimate of drug-likeness (QED) is 0.605. The summed E-state index contributed by atoms with van der Waals surface area (Å²) in [6.45, 7) is 7.39. The van der Waals surface area contributed by atoms with E-state index in [1.807, 2.05) is 26.8 Å². The second kappa shape index (κ2) is 4.41. The van der Waals surface area contributed by atoms with Gasteiger partial charge in [0.05, 0.1) is 5.60 Å². The molecule has 12 heavy (non-hydrogen) atoms. The Kier molecular flexibility index (Phi) is 4.18. The highest BCUT2D eigenvalue weighted by Gasteiger charge is 2.18. The van der Waals surface area contributed by atoms with Crippen LogP contribution in [0.3, 0.4) is 0 Å². The topological polar surface area (TPSA) is 26.3 Å². The van der Waals surface area contributed by atoms with Crippen molar-refractivity contribution in [3.63, 3.8) is 0 Å². The monoisotopic (exact) mass is 170 g/mol. The van der Waals surface area contributed by atoms with Gasteiger partial charge in [0.25, 0.3) is 0 Å². The second-order valence-electron chi connectivity index (χ2n) is 3.25. The van der Waals surface area contributed by atoms with Crippen molar-refractivity contribution in [3.8, 4) is 0 Å². The molecule has 70 valence electrons. The Bertz CT molecular complexity index is 188. The van der Waals surface area contributed by atoms with Crippen molar-refractivity contribution in [2.45, 2.75) is 39.7 Å². The summed E-state index contributed by atoms with van der Waals surface area (Å²) in [5, 5.41) is 0. The van der Waals surface area contributed by atoms with Crippen LogP contribution in [0.2, 0.25) is 0 Å². The van der Waals surface area contributed by atoms with Gasteiger partial charge in [-0.2, -0.15) is 0 Å². The molecule has 0 rings (SSSR count). The molecule has 2 nitrogen and oxygen atoms in total. The Balaban J connectivity index is 4.57. The SMILES string of the molecule is CCC(C)(C=C(C)C(C)=O)OC. The van der Waals surface area contributed by atoms with Crippen LogP contribution < -0.4 is 0 Å². The number of ketones is 1. The standard InChI is InChI=1S/C10H18O2/c1-6-10(4,12-5)7-8(2)9(3)11/h7H,6H2,1-5H3. The second-order valence-corrected chi connectivity index (χ2v) is 3.25. The number of ether oxygens (including phenoxy) is 1. The fourth-order valence-corrected chi connectivity index (χ4v) is 0.865. The van der Waals surface area contributed by atoms with Crippen LogP contribution in [0.5, 0.6) is 0 Å². The first-order valence-electron chi connectivity index (χ1n) is 4.20. The molecule has 0 spiro atoms. The third-order valence-electron chi connectivity index (χ3n) is 2.25. The summed E-state index contributed by atoms with van der Waals surface area (Å²) >= 11 is 0. The summed E-state index contributed by atoms with van der Waals surface area (Å²) < 4.78 is 5.28. The molecule has 0 bridgehead atoms. The van der Waals surface area contributed by atoms with E-state index in [9.17, 15) is 4.79 Å². The van der Waals surface area contributed by atoms with Crippen LogP contribution in [0, 0.1) is 0 Å². The van der Waals surface area contributed by atoms with Crippen LogP contribution >= 0.6 is 0 Å². The van der Waals surface area contributed by atoms with E-state index in [1.54, 1.807) is 14.0 Å². The molecule has 2 heteroatoms. The maximum Gasteiger partial charge on any atom is 0.155 e. The fraction of sp³-hybridized carbons (Fsp3) is 0.700. The van der Waals surface area contributed by atoms with E-state index < -0.39 is 0 Å². The number of methoxy groups -OCH3 is 1. The molecule has 0 aromatic rings. The molecule has 0 heterocycles. The molecule has 0 aromatic carbocycles. The average molecular weight is 170 g/mol. The molecular weight excluding hydrogens is 152 g/mol. The molecule has 0 aromatic heterocycles. The summed E-state index contributed by atoms with van der Waals surface area (Å²) in [5.41, 5.74) is 0.469. The van der Waals surface area contributed by atoms with E-state index >= 15 is 0 Å². The molecule has 0 aliphatic rings. The number of hydrogen-bond acceptors (Lipinski definition) is 2. The lowest BCUT2D eigenvalue weighted by atomic mass is 9.99. The van der Waals surface area contributed by atoms with Crippen LogP contribution in [0.1, 0.15) is 34.1 Å². The van der Waals surface area contributed by atoms with Gasteiger partial charge in [-0.05, 0) is 38.8 Å². The molecular formula is C10H18O2. The van der Waals surface area contributed by atoms with Gasteiger partial charge >= 0.3 is 0 Å². The molecule has 1 atom stereocenters. The van der Waals surface area contributed by atoms with Gasteiger partial charge in [-0.25, -0.2) is 0 Å². The molecule has 1 unspecified atom stereocenters. The molecule has 0 aliphatic carbocycles. The van der Waals surface area contributed by atoms with Crippen LogP contribution in [-0.4, -0.2) is 18.5 Å². The Hall–Kier alpha value is -0.630. The number of hydrogen-bond donors (Lipinski definition) is 0. The third-order valence-corrected chi connectivity index (χ3v) is 2.25. The van der Waals surface area contributed by atoms with E-state index in [4.69, 9.17) is 4.74 Å². The highest BCUT2D eigenvalue weighted by molar-refractivity contribution is 5.92. The zero-order chi connectivity index (χ0) is 9.78. The van der Waals surface area contributed by atoms with Gasteiger partial charge in [0, 0.05) is 7.11 Å². The lowest BCUT2D eigenvalue weighted by Crippen LogP contribution is -2.24. The Morgan fingerprint density at radius 2 is 2.00 bits per heavy atom. The van der Waals surface area contributed by atoms with Gasteiger partial charge in [-0.3, -0.25) is 4.79 Å². The smallest absolute Gasteiger partial charge is 0.155 e. The first-order valence-corrected chi connectivity index (χ1v) is 4.20. The van der Waals surface area contributed by atoms with Gasteiger partial charge in [0.2, 0.25) is 0 Å². The van der Waals surface area contributed by atoms with Crippen molar-refractivity contribution < 1.29 is 9.53 Å². The third kappa shape index (κ3) is 3.18. The summed E-state index contributed by atoms with van der Waals surface area (Å²) in [7, 11) is 1.66. The van der Waals surface area contributed by atoms with Crippen molar-refractivity contribution in [1.29, 1.82) is 0 Å². The van der Waals surface area contributed by atoms with Crippen molar-refractivity contribution in [2.24, 2.45) is 0 Å². The van der Waals surface area contributed by atoms with Gasteiger partial charge in [-0.15, -0.1) is 0 Å². The molecule has 0 saturated heterocycles. The normalized spacial score (nSPS) is 17.2. The molecule has 0 fully saturated rings. The van der Waals surface area contributed by atoms with E-state index in [0.29, 0.717) is 0 Å². The lowest BCUT2D eigenvalue weighted by molar-refractivity contribution is -0.113. The molecule has 0 saturated carbocycles. The number of carbonyl (C=O) groups is 1. The van der Waals surface area contributed by atoms with Crippen LogP contribution in [0.25, 0.3) is 0 Å². The molecule has 0 amide bonds. The van der Waals surface area contributed by atoms with Crippen LogP contribution in [0.15, 0.2) is 11.6 Å². The molecule has 0 radical (unpaired) electrons. The van der Waals surface area contributed by atoms with Crippen molar-refractivity contribution >= 4 is 5.78 Å². The van der Waals surface area contributed by atoms with E-state index in [2.05, 4.69) is 0 Å². The number of Topliss-reactive ketones (excluding diaryl/α,β-unsaturated/α-hetero) is 1. The predicted molar refractivity (Wildman–Crippen MR) is 50.1 cm³/mol. The summed E-state index contributed by atoms with van der Waals surface area (Å²) in [6.07, 6.45) is 2.75. The number of carbonyl (C=O) groups excluding carboxylic acids is 1. The minimum absolute atomic E-state index is 0.103. The van der Waals surface area contributed by atoms with Crippen molar-refractivity contribution in [2.75, 3.05) is 7.11 Å².